The first-order valence-electron chi connectivity index (χ1n) is 9.04. The smallest absolute Gasteiger partial charge is 0.330 e. The summed E-state index contributed by atoms with van der Waals surface area (Å²) in [6.07, 6.45) is 1.62. The number of nitrogens with one attached hydrogen (secondary N) is 1. The van der Waals surface area contributed by atoms with Crippen LogP contribution in [0.4, 0.5) is 11.5 Å². The van der Waals surface area contributed by atoms with E-state index in [-0.39, 0.29) is 33.8 Å². The summed E-state index contributed by atoms with van der Waals surface area (Å²) in [6.45, 7) is 12.8. The van der Waals surface area contributed by atoms with E-state index >= 15 is 0 Å². The Kier molecular flexibility index (Phi) is 7.99. The third-order valence-electron chi connectivity index (χ3n) is 3.70. The van der Waals surface area contributed by atoms with Gasteiger partial charge in [0.05, 0.1) is 5.75 Å². The maximum Gasteiger partial charge on any atom is 0.330 e. The Labute approximate surface area is 159 Å². The predicted octanol–water partition coefficient (Wildman–Crippen LogP) is 2.44. The molecule has 0 unspecified atom stereocenters. The van der Waals surface area contributed by atoms with E-state index in [4.69, 9.17) is 5.73 Å². The van der Waals surface area contributed by atoms with E-state index in [1.54, 1.807) is 0 Å². The molecule has 0 aliphatic carbocycles. The van der Waals surface area contributed by atoms with E-state index in [0.717, 1.165) is 12.8 Å². The molecule has 8 heteroatoms. The second kappa shape index (κ2) is 9.30. The molecule has 0 fully saturated rings. The van der Waals surface area contributed by atoms with E-state index in [9.17, 15) is 14.4 Å². The number of rotatable bonds is 8. The first kappa shape index (κ1) is 22.3. The molecule has 1 rings (SSSR count). The fraction of sp³-hybridized carbons (Fsp3) is 0.722. The van der Waals surface area contributed by atoms with Crippen LogP contribution in [0, 0.1) is 5.92 Å². The Hall–Kier alpha value is -1.70. The molecule has 0 bridgehead atoms. The number of anilines is 2. The molecule has 1 aromatic rings. The molecule has 0 atom stereocenters. The van der Waals surface area contributed by atoms with E-state index in [2.05, 4.69) is 4.98 Å². The Morgan fingerprint density at radius 3 is 2.42 bits per heavy atom. The molecule has 1 amide bonds. The monoisotopic (exact) mass is 384 g/mol. The van der Waals surface area contributed by atoms with Crippen molar-refractivity contribution in [2.45, 2.75) is 65.7 Å². The quantitative estimate of drug-likeness (QED) is 0.717. The number of carbonyl (C=O) groups excluding carboxylic acids is 1. The van der Waals surface area contributed by atoms with Crippen LogP contribution in [0.5, 0.6) is 0 Å². The van der Waals surface area contributed by atoms with Gasteiger partial charge in [-0.3, -0.25) is 19.1 Å². The van der Waals surface area contributed by atoms with Gasteiger partial charge in [0.2, 0.25) is 5.91 Å². The zero-order valence-electron chi connectivity index (χ0n) is 16.7. The lowest BCUT2D eigenvalue weighted by Crippen LogP contribution is -2.43. The summed E-state index contributed by atoms with van der Waals surface area (Å²) in [6, 6.07) is 0. The molecule has 3 N–H and O–H groups in total. The van der Waals surface area contributed by atoms with Crippen molar-refractivity contribution in [3.63, 3.8) is 0 Å². The number of unbranched alkanes of at least 4 members (excludes halogenated alkanes) is 1. The van der Waals surface area contributed by atoms with Crippen LogP contribution in [0.15, 0.2) is 9.59 Å². The van der Waals surface area contributed by atoms with Gasteiger partial charge in [0.15, 0.2) is 5.69 Å². The summed E-state index contributed by atoms with van der Waals surface area (Å²) >= 11 is 1.52. The highest BCUT2D eigenvalue weighted by Crippen LogP contribution is 2.25. The number of carbonyl (C=O) groups is 1. The molecule has 26 heavy (non-hydrogen) atoms. The van der Waals surface area contributed by atoms with Gasteiger partial charge >= 0.3 is 5.69 Å². The van der Waals surface area contributed by atoms with Crippen LogP contribution in [0.1, 0.15) is 54.4 Å². The Bertz CT molecular complexity index is 731. The molecule has 0 spiro atoms. The van der Waals surface area contributed by atoms with Gasteiger partial charge in [0, 0.05) is 17.8 Å². The molecule has 0 radical (unpaired) electrons. The van der Waals surface area contributed by atoms with E-state index < -0.39 is 11.2 Å². The summed E-state index contributed by atoms with van der Waals surface area (Å²) in [4.78, 5) is 41.2. The second-order valence-corrected chi connectivity index (χ2v) is 9.60. The van der Waals surface area contributed by atoms with Crippen LogP contribution in [0.25, 0.3) is 0 Å². The lowest BCUT2D eigenvalue weighted by molar-refractivity contribution is -0.116. The number of nitrogens with zero attached hydrogens (tertiary/aromatic N) is 2. The minimum Gasteiger partial charge on any atom is -0.383 e. The minimum atomic E-state index is -0.613. The zero-order valence-corrected chi connectivity index (χ0v) is 17.5. The number of aromatic amines is 1. The molecule has 0 aromatic carbocycles. The summed E-state index contributed by atoms with van der Waals surface area (Å²) < 4.78 is 1.27. The highest BCUT2D eigenvalue weighted by Gasteiger charge is 2.25. The van der Waals surface area contributed by atoms with Crippen LogP contribution >= 0.6 is 11.8 Å². The highest BCUT2D eigenvalue weighted by molar-refractivity contribution is 8.01. The molecule has 148 valence electrons. The van der Waals surface area contributed by atoms with Gasteiger partial charge in [-0.25, -0.2) is 4.79 Å². The number of amides is 1. The van der Waals surface area contributed by atoms with Crippen molar-refractivity contribution in [3.8, 4) is 0 Å². The maximum absolute atomic E-state index is 12.8. The van der Waals surface area contributed by atoms with Crippen LogP contribution in [0.2, 0.25) is 0 Å². The van der Waals surface area contributed by atoms with Crippen LogP contribution in [-0.4, -0.2) is 32.5 Å². The molecule has 0 saturated carbocycles. The molecule has 0 saturated heterocycles. The van der Waals surface area contributed by atoms with Crippen molar-refractivity contribution in [3.05, 3.63) is 20.8 Å². The van der Waals surface area contributed by atoms with Gasteiger partial charge in [-0.2, -0.15) is 0 Å². The van der Waals surface area contributed by atoms with E-state index in [1.807, 2.05) is 41.5 Å². The average Bonchev–Trinajstić information content (AvgIpc) is 2.51. The number of nitrogens with two attached hydrogens (primary N) is 1. The third kappa shape index (κ3) is 6.23. The van der Waals surface area contributed by atoms with Gasteiger partial charge in [0.1, 0.15) is 5.82 Å². The SMILES string of the molecule is CCCCN(C(=O)CSC(C)(C)C)c1c(N)n(CC(C)C)c(=O)[nH]c1=O. The standard InChI is InChI=1S/C18H32N4O3S/c1-7-8-9-21(13(23)11-26-18(4,5)6)14-15(19)22(10-12(2)3)17(25)20-16(14)24/h12H,7-11,19H2,1-6H3,(H,20,24,25). The van der Waals surface area contributed by atoms with E-state index in [1.165, 1.54) is 21.2 Å². The first-order valence-corrected chi connectivity index (χ1v) is 10.0. The largest absolute Gasteiger partial charge is 0.383 e. The van der Waals surface area contributed by atoms with Crippen molar-refractivity contribution in [2.75, 3.05) is 22.9 Å². The Morgan fingerprint density at radius 2 is 1.92 bits per heavy atom. The number of thioether (sulfide) groups is 1. The molecular weight excluding hydrogens is 352 g/mol. The maximum atomic E-state index is 12.8. The predicted molar refractivity (Wildman–Crippen MR) is 110 cm³/mol. The summed E-state index contributed by atoms with van der Waals surface area (Å²) in [7, 11) is 0. The van der Waals surface area contributed by atoms with Gasteiger partial charge in [-0.1, -0.05) is 48.0 Å². The fourth-order valence-electron chi connectivity index (χ4n) is 2.42. The number of hydrogen-bond donors (Lipinski definition) is 2. The summed E-state index contributed by atoms with van der Waals surface area (Å²) in [5, 5.41) is 0. The molecule has 1 heterocycles. The third-order valence-corrected chi connectivity index (χ3v) is 4.95. The van der Waals surface area contributed by atoms with Gasteiger partial charge in [0.25, 0.3) is 5.56 Å². The summed E-state index contributed by atoms with van der Waals surface area (Å²) in [5.41, 5.74) is 5.09. The zero-order chi connectivity index (χ0) is 20.1. The summed E-state index contributed by atoms with van der Waals surface area (Å²) in [5.74, 6) is 0.294. The molecular formula is C18H32N4O3S. The number of nitrogen functional groups attached to an aromatic ring is 1. The van der Waals surface area contributed by atoms with Crippen molar-refractivity contribution in [2.24, 2.45) is 5.92 Å². The van der Waals surface area contributed by atoms with Crippen LogP contribution < -0.4 is 21.9 Å². The van der Waals surface area contributed by atoms with Crippen molar-refractivity contribution < 1.29 is 4.79 Å². The molecule has 0 aliphatic heterocycles. The molecule has 0 aliphatic rings. The number of H-pyrrole nitrogens is 1. The van der Waals surface area contributed by atoms with Crippen molar-refractivity contribution >= 4 is 29.2 Å². The van der Waals surface area contributed by atoms with Gasteiger partial charge < -0.3 is 10.6 Å². The first-order chi connectivity index (χ1) is 12.0. The van der Waals surface area contributed by atoms with Gasteiger partial charge in [-0.05, 0) is 12.3 Å². The minimum absolute atomic E-state index is 0.0534. The number of hydrogen-bond acceptors (Lipinski definition) is 5. The average molecular weight is 385 g/mol. The Balaban J connectivity index is 3.35. The fourth-order valence-corrected chi connectivity index (χ4v) is 3.13. The number of aromatic nitrogens is 2. The highest BCUT2D eigenvalue weighted by atomic mass is 32.2. The molecule has 1 aromatic heterocycles. The lowest BCUT2D eigenvalue weighted by atomic mass is 10.2. The van der Waals surface area contributed by atoms with Crippen LogP contribution in [0.3, 0.4) is 0 Å². The second-order valence-electron chi connectivity index (χ2n) is 7.80. The molecule has 7 nitrogen and oxygen atoms in total. The normalized spacial score (nSPS) is 11.8. The lowest BCUT2D eigenvalue weighted by Gasteiger charge is -2.26. The Morgan fingerprint density at radius 1 is 1.31 bits per heavy atom. The van der Waals surface area contributed by atoms with E-state index in [0.29, 0.717) is 13.1 Å². The van der Waals surface area contributed by atoms with Crippen molar-refractivity contribution in [1.82, 2.24) is 9.55 Å². The van der Waals surface area contributed by atoms with Gasteiger partial charge in [-0.15, -0.1) is 11.8 Å². The topological polar surface area (TPSA) is 101 Å². The van der Waals surface area contributed by atoms with Crippen molar-refractivity contribution in [1.29, 1.82) is 0 Å². The van der Waals surface area contributed by atoms with Crippen LogP contribution in [-0.2, 0) is 11.3 Å².